The summed E-state index contributed by atoms with van der Waals surface area (Å²) in [5, 5.41) is 6.99. The lowest BCUT2D eigenvalue weighted by Gasteiger charge is -2.11. The summed E-state index contributed by atoms with van der Waals surface area (Å²) in [7, 11) is 0. The molecule has 1 amide bonds. The van der Waals surface area contributed by atoms with E-state index in [4.69, 9.17) is 5.73 Å². The molecule has 0 spiro atoms. The summed E-state index contributed by atoms with van der Waals surface area (Å²) >= 11 is 0. The molecule has 0 bridgehead atoms. The first-order chi connectivity index (χ1) is 10.4. The maximum absolute atomic E-state index is 14.3. The number of halogens is 2. The van der Waals surface area contributed by atoms with Crippen LogP contribution in [0.3, 0.4) is 0 Å². The number of hydrogen-bond acceptors (Lipinski definition) is 3. The fourth-order valence-electron chi connectivity index (χ4n) is 2.15. The first kappa shape index (κ1) is 19.1. The van der Waals surface area contributed by atoms with Gasteiger partial charge in [0.05, 0.1) is 5.69 Å². The Morgan fingerprint density at radius 2 is 2.09 bits per heavy atom. The van der Waals surface area contributed by atoms with E-state index in [1.807, 2.05) is 26.8 Å². The van der Waals surface area contributed by atoms with Gasteiger partial charge in [-0.1, -0.05) is 6.92 Å². The van der Waals surface area contributed by atoms with E-state index < -0.39 is 5.82 Å². The van der Waals surface area contributed by atoms with E-state index in [9.17, 15) is 9.18 Å². The number of amides is 1. The summed E-state index contributed by atoms with van der Waals surface area (Å²) in [6.45, 7) is 6.60. The number of carbonyl (C=O) groups excluding carboxylic acids is 1. The van der Waals surface area contributed by atoms with Crippen molar-refractivity contribution in [1.82, 2.24) is 15.1 Å². The molecule has 0 saturated carbocycles. The van der Waals surface area contributed by atoms with E-state index >= 15 is 0 Å². The molecule has 1 heterocycles. The van der Waals surface area contributed by atoms with Gasteiger partial charge in [-0.15, -0.1) is 12.4 Å². The van der Waals surface area contributed by atoms with Crippen LogP contribution in [0.2, 0.25) is 0 Å². The minimum Gasteiger partial charge on any atom is -0.352 e. The van der Waals surface area contributed by atoms with E-state index in [1.54, 1.807) is 12.1 Å². The van der Waals surface area contributed by atoms with Crippen molar-refractivity contribution in [3.05, 3.63) is 47.0 Å². The number of hydrogen-bond donors (Lipinski definition) is 2. The molecule has 1 atom stereocenters. The smallest absolute Gasteiger partial charge is 0.251 e. The van der Waals surface area contributed by atoms with Crippen LogP contribution in [0.4, 0.5) is 4.39 Å². The van der Waals surface area contributed by atoms with Gasteiger partial charge in [-0.2, -0.15) is 5.10 Å². The van der Waals surface area contributed by atoms with E-state index in [0.29, 0.717) is 18.8 Å². The molecule has 1 aromatic carbocycles. The molecule has 7 heteroatoms. The molecule has 2 rings (SSSR count). The van der Waals surface area contributed by atoms with Crippen LogP contribution in [-0.4, -0.2) is 28.8 Å². The summed E-state index contributed by atoms with van der Waals surface area (Å²) in [5.41, 5.74) is 7.77. The van der Waals surface area contributed by atoms with Crippen molar-refractivity contribution in [3.63, 3.8) is 0 Å². The summed E-state index contributed by atoms with van der Waals surface area (Å²) in [6.07, 6.45) is 0. The zero-order chi connectivity index (χ0) is 16.3. The number of carbonyl (C=O) groups is 1. The Kier molecular flexibility index (Phi) is 6.72. The number of aryl methyl sites for hydroxylation is 2. The molecule has 5 nitrogen and oxygen atoms in total. The highest BCUT2D eigenvalue weighted by atomic mass is 35.5. The quantitative estimate of drug-likeness (QED) is 0.877. The van der Waals surface area contributed by atoms with Crippen LogP contribution in [0.5, 0.6) is 0 Å². The largest absolute Gasteiger partial charge is 0.352 e. The third-order valence-electron chi connectivity index (χ3n) is 3.46. The Bertz CT molecular complexity index is 687. The highest BCUT2D eigenvalue weighted by molar-refractivity contribution is 5.94. The van der Waals surface area contributed by atoms with Crippen molar-refractivity contribution in [1.29, 1.82) is 0 Å². The van der Waals surface area contributed by atoms with Crippen molar-refractivity contribution < 1.29 is 9.18 Å². The highest BCUT2D eigenvalue weighted by Crippen LogP contribution is 2.17. The predicted molar refractivity (Wildman–Crippen MR) is 90.8 cm³/mol. The lowest BCUT2D eigenvalue weighted by molar-refractivity contribution is 0.0948. The number of benzene rings is 1. The number of aromatic nitrogens is 2. The maximum Gasteiger partial charge on any atom is 0.251 e. The van der Waals surface area contributed by atoms with Crippen molar-refractivity contribution >= 4 is 18.3 Å². The van der Waals surface area contributed by atoms with Gasteiger partial charge >= 0.3 is 0 Å². The second-order valence-corrected chi connectivity index (χ2v) is 5.56. The van der Waals surface area contributed by atoms with Crippen molar-refractivity contribution in [2.75, 3.05) is 13.1 Å². The number of nitrogens with zero attached hydrogens (tertiary/aromatic N) is 2. The molecule has 0 aliphatic rings. The molecule has 1 aromatic heterocycles. The summed E-state index contributed by atoms with van der Waals surface area (Å²) in [6, 6.07) is 6.26. The predicted octanol–water partition coefficient (Wildman–Crippen LogP) is 2.37. The van der Waals surface area contributed by atoms with Crippen LogP contribution in [-0.2, 0) is 0 Å². The molecular formula is C16H22ClFN4O. The lowest BCUT2D eigenvalue weighted by atomic mass is 10.1. The maximum atomic E-state index is 14.3. The molecule has 0 aliphatic heterocycles. The van der Waals surface area contributed by atoms with Crippen molar-refractivity contribution in [2.24, 2.45) is 11.7 Å². The van der Waals surface area contributed by atoms with Crippen molar-refractivity contribution in [3.8, 4) is 5.69 Å². The zero-order valence-corrected chi connectivity index (χ0v) is 14.3. The first-order valence-corrected chi connectivity index (χ1v) is 7.23. The van der Waals surface area contributed by atoms with E-state index in [0.717, 1.165) is 11.4 Å². The number of nitrogens with one attached hydrogen (secondary N) is 1. The first-order valence-electron chi connectivity index (χ1n) is 7.23. The van der Waals surface area contributed by atoms with E-state index in [-0.39, 0.29) is 29.8 Å². The van der Waals surface area contributed by atoms with Gasteiger partial charge in [0.1, 0.15) is 11.5 Å². The van der Waals surface area contributed by atoms with E-state index in [1.165, 1.54) is 10.7 Å². The molecule has 0 radical (unpaired) electrons. The molecule has 23 heavy (non-hydrogen) atoms. The van der Waals surface area contributed by atoms with Crippen LogP contribution in [0.25, 0.3) is 5.69 Å². The van der Waals surface area contributed by atoms with Crippen LogP contribution in [0.1, 0.15) is 28.7 Å². The monoisotopic (exact) mass is 340 g/mol. The van der Waals surface area contributed by atoms with Gasteiger partial charge in [0.25, 0.3) is 5.91 Å². The van der Waals surface area contributed by atoms with Crippen molar-refractivity contribution in [2.45, 2.75) is 20.8 Å². The number of nitrogens with two attached hydrogens (primary N) is 1. The SMILES string of the molecule is Cc1cc(C)n(-c2ccc(C(=O)NCC(C)CN)cc2F)n1.Cl. The van der Waals surface area contributed by atoms with Gasteiger partial charge < -0.3 is 11.1 Å². The average molecular weight is 341 g/mol. The van der Waals surface area contributed by atoms with Crippen LogP contribution in [0, 0.1) is 25.6 Å². The van der Waals surface area contributed by atoms with Crippen LogP contribution in [0.15, 0.2) is 24.3 Å². The number of rotatable bonds is 5. The molecule has 0 saturated heterocycles. The van der Waals surface area contributed by atoms with E-state index in [2.05, 4.69) is 10.4 Å². The van der Waals surface area contributed by atoms with Gasteiger partial charge in [-0.25, -0.2) is 9.07 Å². The van der Waals surface area contributed by atoms with Gasteiger partial charge in [-0.3, -0.25) is 4.79 Å². The average Bonchev–Trinajstić information content (AvgIpc) is 2.82. The van der Waals surface area contributed by atoms with Gasteiger partial charge in [0.2, 0.25) is 0 Å². The molecule has 0 fully saturated rings. The third-order valence-corrected chi connectivity index (χ3v) is 3.46. The molecule has 3 N–H and O–H groups in total. The Hall–Kier alpha value is -1.92. The normalized spacial score (nSPS) is 11.7. The Morgan fingerprint density at radius 1 is 1.39 bits per heavy atom. The lowest BCUT2D eigenvalue weighted by Crippen LogP contribution is -2.31. The Morgan fingerprint density at radius 3 is 2.61 bits per heavy atom. The molecule has 126 valence electrons. The molecule has 0 aliphatic carbocycles. The minimum atomic E-state index is -0.481. The topological polar surface area (TPSA) is 72.9 Å². The minimum absolute atomic E-state index is 0. The van der Waals surface area contributed by atoms with Crippen LogP contribution < -0.4 is 11.1 Å². The summed E-state index contributed by atoms with van der Waals surface area (Å²) in [4.78, 5) is 12.0. The zero-order valence-electron chi connectivity index (χ0n) is 13.5. The Balaban J connectivity index is 0.00000264. The van der Waals surface area contributed by atoms with Gasteiger partial charge in [-0.05, 0) is 50.6 Å². The highest BCUT2D eigenvalue weighted by Gasteiger charge is 2.13. The van der Waals surface area contributed by atoms with Crippen LogP contribution >= 0.6 is 12.4 Å². The summed E-state index contributed by atoms with van der Waals surface area (Å²) < 4.78 is 15.8. The second-order valence-electron chi connectivity index (χ2n) is 5.56. The molecule has 2 aromatic rings. The molecule has 1 unspecified atom stereocenters. The Labute approximate surface area is 141 Å². The van der Waals surface area contributed by atoms with Gasteiger partial charge in [0, 0.05) is 17.8 Å². The molecular weight excluding hydrogens is 319 g/mol. The summed E-state index contributed by atoms with van der Waals surface area (Å²) in [5.74, 6) is -0.604. The fraction of sp³-hybridized carbons (Fsp3) is 0.375. The second kappa shape index (κ2) is 8.08. The third kappa shape index (κ3) is 4.53. The van der Waals surface area contributed by atoms with Gasteiger partial charge in [0.15, 0.2) is 0 Å². The standard InChI is InChI=1S/C16H21FN4O.ClH/c1-10(8-18)9-19-16(22)13-4-5-15(14(17)7-13)21-12(3)6-11(2)20-21;/h4-7,10H,8-9,18H2,1-3H3,(H,19,22);1H. The fourth-order valence-corrected chi connectivity index (χ4v) is 2.15.